The van der Waals surface area contributed by atoms with Crippen molar-refractivity contribution in [2.24, 2.45) is 0 Å². The van der Waals surface area contributed by atoms with Crippen LogP contribution in [0.15, 0.2) is 97.2 Å². The van der Waals surface area contributed by atoms with E-state index in [2.05, 4.69) is 62.5 Å². The lowest BCUT2D eigenvalue weighted by Crippen LogP contribution is -2.64. The van der Waals surface area contributed by atoms with Crippen LogP contribution in [0.1, 0.15) is 142 Å². The molecule has 0 aliphatic heterocycles. The second-order valence-corrected chi connectivity index (χ2v) is 18.1. The summed E-state index contributed by atoms with van der Waals surface area (Å²) in [6, 6.07) is 0. The number of phosphoric acid groups is 1. The number of aliphatic hydroxyl groups excluding tert-OH is 7. The Morgan fingerprint density at radius 1 is 0.537 bits per heavy atom. The predicted molar refractivity (Wildman–Crippen MR) is 260 cm³/mol. The van der Waals surface area contributed by atoms with Crippen molar-refractivity contribution in [3.8, 4) is 0 Å². The van der Waals surface area contributed by atoms with Gasteiger partial charge in [-0.15, -0.1) is 0 Å². The van der Waals surface area contributed by atoms with Crippen molar-refractivity contribution in [1.29, 1.82) is 0 Å². The topological polar surface area (TPSA) is 250 Å². The summed E-state index contributed by atoms with van der Waals surface area (Å²) in [6.07, 6.45) is 32.2. The lowest BCUT2D eigenvalue weighted by Gasteiger charge is -2.41. The van der Waals surface area contributed by atoms with Crippen molar-refractivity contribution in [2.75, 3.05) is 13.2 Å². The fourth-order valence-corrected chi connectivity index (χ4v) is 7.57. The average Bonchev–Trinajstić information content (AvgIpc) is 3.30. The van der Waals surface area contributed by atoms with E-state index >= 15 is 0 Å². The number of aliphatic hydroxyl groups is 7. The van der Waals surface area contributed by atoms with Gasteiger partial charge in [0, 0.05) is 12.8 Å². The number of hydrogen-bond donors (Lipinski definition) is 8. The predicted octanol–water partition coefficient (Wildman–Crippen LogP) is 7.77. The summed E-state index contributed by atoms with van der Waals surface area (Å²) in [5.74, 6) is -1.37. The van der Waals surface area contributed by atoms with Crippen molar-refractivity contribution in [2.45, 2.75) is 197 Å². The Bertz CT molecular complexity index is 1570. The molecule has 0 amide bonds. The highest BCUT2D eigenvalue weighted by Crippen LogP contribution is 2.47. The SMILES string of the molecule is CCCCC/C=C\C/C=C\C/C=C\C/C=C\CCCCCC(=O)O[C@H](COC(=O)CCC[C@@H](O)/C=C/C=C\C/C=C\C=C\[C@@H](O)CCCCC)COP(=O)(O)OC1[C@H](O)[C@H](O)C(O)[C@H](O)[C@H]1O. The van der Waals surface area contributed by atoms with Crippen molar-refractivity contribution in [3.05, 3.63) is 97.2 Å². The van der Waals surface area contributed by atoms with Crippen LogP contribution in [0.4, 0.5) is 0 Å². The first kappa shape index (κ1) is 61.7. The molecule has 16 heteroatoms. The van der Waals surface area contributed by atoms with Gasteiger partial charge in [-0.2, -0.15) is 0 Å². The normalized spacial score (nSPS) is 23.0. The molecular weight excluding hydrogens is 884 g/mol. The molecule has 8 N–H and O–H groups in total. The Morgan fingerprint density at radius 3 is 1.55 bits per heavy atom. The van der Waals surface area contributed by atoms with E-state index in [-0.39, 0.29) is 25.7 Å². The van der Waals surface area contributed by atoms with Crippen molar-refractivity contribution in [3.63, 3.8) is 0 Å². The molecule has 0 spiro atoms. The van der Waals surface area contributed by atoms with Gasteiger partial charge >= 0.3 is 19.8 Å². The number of unbranched alkanes of at least 4 members (excludes halogenated alkanes) is 8. The maximum atomic E-state index is 12.8. The molecule has 1 saturated carbocycles. The van der Waals surface area contributed by atoms with Crippen LogP contribution in [0.2, 0.25) is 0 Å². The molecule has 0 bridgehead atoms. The second kappa shape index (κ2) is 39.5. The first-order valence-electron chi connectivity index (χ1n) is 24.3. The largest absolute Gasteiger partial charge is 0.472 e. The summed E-state index contributed by atoms with van der Waals surface area (Å²) in [6.45, 7) is 2.94. The third-order valence-corrected chi connectivity index (χ3v) is 11.6. The molecule has 3 unspecified atom stereocenters. The molecule has 15 nitrogen and oxygen atoms in total. The van der Waals surface area contributed by atoms with E-state index in [1.165, 1.54) is 19.3 Å². The molecule has 0 radical (unpaired) electrons. The third kappa shape index (κ3) is 32.2. The standard InChI is InChI=1S/C51H83O15P/c1-3-5-7-8-9-10-11-12-13-14-15-16-17-18-19-20-24-27-31-37-45(55)65-43(40-64-67(61,62)66-51-49(59)47(57)46(56)48(58)50(51)60)39-63-44(54)38-32-36-42(53)35-30-26-23-21-22-25-29-34-41(52)33-28-6-4-2/h9-10,12-13,15-16,18-19,22-23,25-26,29-30,34-35,41-43,46-53,56-60H,3-8,11,14,17,20-21,24,27-28,31-33,36-40H2,1-2H3,(H,61,62)/b10-9-,13-12-,16-15-,19-18-,25-22-,26-23-,34-29+,35-30+/t41-,42-,43+,46?,47-,48+,49+,50+,51?/m0/s1. The molecule has 0 aromatic rings. The maximum Gasteiger partial charge on any atom is 0.472 e. The number of esters is 2. The van der Waals surface area contributed by atoms with Crippen LogP contribution in [0.5, 0.6) is 0 Å². The number of rotatable bonds is 38. The van der Waals surface area contributed by atoms with E-state index in [1.807, 2.05) is 24.3 Å². The van der Waals surface area contributed by atoms with Gasteiger partial charge in [0.05, 0.1) is 18.8 Å². The Balaban J connectivity index is 2.58. The highest BCUT2D eigenvalue weighted by atomic mass is 31.2. The molecule has 10 atom stereocenters. The third-order valence-electron chi connectivity index (χ3n) is 10.6. The molecule has 0 saturated heterocycles. The van der Waals surface area contributed by atoms with Crippen molar-refractivity contribution >= 4 is 19.8 Å². The van der Waals surface area contributed by atoms with Gasteiger partial charge in [0.15, 0.2) is 6.10 Å². The van der Waals surface area contributed by atoms with E-state index in [4.69, 9.17) is 18.5 Å². The van der Waals surface area contributed by atoms with Gasteiger partial charge in [0.1, 0.15) is 43.2 Å². The zero-order valence-corrected chi connectivity index (χ0v) is 40.8. The highest BCUT2D eigenvalue weighted by molar-refractivity contribution is 7.47. The average molecular weight is 967 g/mol. The molecule has 0 heterocycles. The summed E-state index contributed by atoms with van der Waals surface area (Å²) in [5.41, 5.74) is 0. The smallest absolute Gasteiger partial charge is 0.462 e. The summed E-state index contributed by atoms with van der Waals surface area (Å²) >= 11 is 0. The molecule has 1 fully saturated rings. The van der Waals surface area contributed by atoms with Gasteiger partial charge in [-0.25, -0.2) is 4.57 Å². The van der Waals surface area contributed by atoms with Crippen LogP contribution in [-0.2, 0) is 32.7 Å². The molecule has 1 aliphatic rings. The van der Waals surface area contributed by atoms with E-state index in [9.17, 15) is 54.8 Å². The van der Waals surface area contributed by atoms with Crippen molar-refractivity contribution < 1.29 is 73.3 Å². The van der Waals surface area contributed by atoms with E-state index in [0.717, 1.165) is 70.6 Å². The monoisotopic (exact) mass is 967 g/mol. The second-order valence-electron chi connectivity index (χ2n) is 16.7. The quantitative estimate of drug-likeness (QED) is 0.00968. The molecule has 0 aromatic carbocycles. The van der Waals surface area contributed by atoms with Crippen LogP contribution >= 0.6 is 7.82 Å². The Hall–Kier alpha value is -3.31. The maximum absolute atomic E-state index is 12.8. The van der Waals surface area contributed by atoms with E-state index in [0.29, 0.717) is 12.8 Å². The molecule has 1 rings (SSSR count). The number of carbonyl (C=O) groups excluding carboxylic acids is 2. The number of ether oxygens (including phenoxy) is 2. The lowest BCUT2D eigenvalue weighted by atomic mass is 9.85. The minimum absolute atomic E-state index is 0.00378. The van der Waals surface area contributed by atoms with Gasteiger partial charge in [-0.05, 0) is 77.0 Å². The Labute approximate surface area is 399 Å². The number of carbonyl (C=O) groups is 2. The Morgan fingerprint density at radius 2 is 1.00 bits per heavy atom. The van der Waals surface area contributed by atoms with E-state index < -0.39 is 87.9 Å². The fraction of sp³-hybridized carbons (Fsp3) is 0.647. The van der Waals surface area contributed by atoms with Crippen LogP contribution in [-0.4, -0.2) is 121 Å². The molecular formula is C51H83O15P. The number of allylic oxidation sites excluding steroid dienone is 14. The molecule has 382 valence electrons. The minimum Gasteiger partial charge on any atom is -0.462 e. The van der Waals surface area contributed by atoms with Crippen LogP contribution < -0.4 is 0 Å². The van der Waals surface area contributed by atoms with Gasteiger partial charge in [-0.3, -0.25) is 18.6 Å². The Kier molecular flexibility index (Phi) is 36.4. The van der Waals surface area contributed by atoms with E-state index in [1.54, 1.807) is 24.3 Å². The highest BCUT2D eigenvalue weighted by Gasteiger charge is 2.51. The number of hydrogen-bond acceptors (Lipinski definition) is 14. The summed E-state index contributed by atoms with van der Waals surface area (Å²) in [4.78, 5) is 35.8. The summed E-state index contributed by atoms with van der Waals surface area (Å²) < 4.78 is 33.4. The van der Waals surface area contributed by atoms with Gasteiger partial charge in [0.2, 0.25) is 0 Å². The summed E-state index contributed by atoms with van der Waals surface area (Å²) in [5, 5.41) is 70.4. The first-order valence-corrected chi connectivity index (χ1v) is 25.8. The fourth-order valence-electron chi connectivity index (χ4n) is 6.60. The first-order chi connectivity index (χ1) is 32.2. The van der Waals surface area contributed by atoms with Gasteiger partial charge in [0.25, 0.3) is 0 Å². The zero-order chi connectivity index (χ0) is 49.5. The van der Waals surface area contributed by atoms with Crippen LogP contribution in [0, 0.1) is 0 Å². The minimum atomic E-state index is -5.19. The molecule has 1 aliphatic carbocycles. The molecule has 67 heavy (non-hydrogen) atoms. The number of phosphoric ester groups is 1. The lowest BCUT2D eigenvalue weighted by molar-refractivity contribution is -0.220. The molecule has 0 aromatic heterocycles. The van der Waals surface area contributed by atoms with Crippen LogP contribution in [0.3, 0.4) is 0 Å². The van der Waals surface area contributed by atoms with Gasteiger partial charge in [-0.1, -0.05) is 150 Å². The van der Waals surface area contributed by atoms with Gasteiger partial charge < -0.3 is 50.1 Å². The zero-order valence-electron chi connectivity index (χ0n) is 39.9. The van der Waals surface area contributed by atoms with Crippen molar-refractivity contribution in [1.82, 2.24) is 0 Å². The summed E-state index contributed by atoms with van der Waals surface area (Å²) in [7, 11) is -5.19. The van der Waals surface area contributed by atoms with Crippen LogP contribution in [0.25, 0.3) is 0 Å².